The molecular formula is C20H19FN2O3. The van der Waals surface area contributed by atoms with Gasteiger partial charge >= 0.3 is 0 Å². The summed E-state index contributed by atoms with van der Waals surface area (Å²) in [6, 6.07) is 11.4. The predicted molar refractivity (Wildman–Crippen MR) is 95.8 cm³/mol. The number of nitrogens with one attached hydrogen (secondary N) is 1. The van der Waals surface area contributed by atoms with Gasteiger partial charge in [0, 0.05) is 11.3 Å². The largest absolute Gasteiger partial charge is 0.489 e. The van der Waals surface area contributed by atoms with Crippen molar-refractivity contribution >= 4 is 11.6 Å². The highest BCUT2D eigenvalue weighted by molar-refractivity contribution is 6.04. The summed E-state index contributed by atoms with van der Waals surface area (Å²) in [7, 11) is 0. The quantitative estimate of drug-likeness (QED) is 0.729. The number of carbonyl (C=O) groups excluding carboxylic acids is 1. The van der Waals surface area contributed by atoms with Crippen molar-refractivity contribution in [3.8, 4) is 5.75 Å². The van der Waals surface area contributed by atoms with Gasteiger partial charge < -0.3 is 14.6 Å². The van der Waals surface area contributed by atoms with Gasteiger partial charge in [-0.05, 0) is 56.7 Å². The second-order valence-corrected chi connectivity index (χ2v) is 6.04. The van der Waals surface area contributed by atoms with Crippen LogP contribution < -0.4 is 10.1 Å². The van der Waals surface area contributed by atoms with Gasteiger partial charge in [0.15, 0.2) is 0 Å². The molecule has 3 rings (SSSR count). The van der Waals surface area contributed by atoms with Crippen LogP contribution in [0.15, 0.2) is 47.0 Å². The topological polar surface area (TPSA) is 64.4 Å². The Morgan fingerprint density at radius 3 is 2.69 bits per heavy atom. The van der Waals surface area contributed by atoms with Gasteiger partial charge in [-0.25, -0.2) is 4.39 Å². The molecule has 0 aliphatic rings. The van der Waals surface area contributed by atoms with Gasteiger partial charge in [-0.15, -0.1) is 0 Å². The molecule has 1 N–H and O–H groups in total. The lowest BCUT2D eigenvalue weighted by Crippen LogP contribution is -2.12. The fourth-order valence-corrected chi connectivity index (χ4v) is 2.46. The molecule has 0 unspecified atom stereocenters. The van der Waals surface area contributed by atoms with Crippen molar-refractivity contribution in [2.45, 2.75) is 27.4 Å². The maximum atomic E-state index is 13.6. The number of aromatic nitrogens is 1. The first-order chi connectivity index (χ1) is 12.4. The predicted octanol–water partition coefficient (Wildman–Crippen LogP) is 4.57. The molecule has 0 fully saturated rings. The summed E-state index contributed by atoms with van der Waals surface area (Å²) in [6.45, 7) is 5.64. The molecule has 3 aromatic rings. The van der Waals surface area contributed by atoms with E-state index in [0.29, 0.717) is 34.9 Å². The van der Waals surface area contributed by atoms with Crippen molar-refractivity contribution in [3.05, 3.63) is 76.4 Å². The third-order valence-electron chi connectivity index (χ3n) is 4.09. The summed E-state index contributed by atoms with van der Waals surface area (Å²) >= 11 is 0. The first-order valence-electron chi connectivity index (χ1n) is 8.16. The number of aryl methyl sites for hydroxylation is 3. The number of hydrogen-bond donors (Lipinski definition) is 1. The van der Waals surface area contributed by atoms with Gasteiger partial charge in [0.05, 0.1) is 11.3 Å². The van der Waals surface area contributed by atoms with E-state index in [0.717, 1.165) is 11.3 Å². The summed E-state index contributed by atoms with van der Waals surface area (Å²) in [4.78, 5) is 12.4. The summed E-state index contributed by atoms with van der Waals surface area (Å²) in [5.41, 5.74) is 3.01. The average Bonchev–Trinajstić information content (AvgIpc) is 2.94. The van der Waals surface area contributed by atoms with E-state index in [1.54, 1.807) is 43.3 Å². The Hall–Kier alpha value is -3.15. The van der Waals surface area contributed by atoms with Crippen LogP contribution in [0.4, 0.5) is 10.1 Å². The average molecular weight is 354 g/mol. The molecule has 0 saturated carbocycles. The molecule has 1 aromatic heterocycles. The fraction of sp³-hybridized carbons (Fsp3) is 0.200. The van der Waals surface area contributed by atoms with E-state index in [9.17, 15) is 9.18 Å². The highest BCUT2D eigenvalue weighted by Crippen LogP contribution is 2.20. The number of nitrogens with zero attached hydrogens (tertiary/aromatic N) is 1. The normalized spacial score (nSPS) is 10.6. The zero-order valence-corrected chi connectivity index (χ0v) is 14.8. The van der Waals surface area contributed by atoms with Crippen LogP contribution in [0, 0.1) is 26.6 Å². The first-order valence-corrected chi connectivity index (χ1v) is 8.16. The number of ether oxygens (including phenoxy) is 1. The van der Waals surface area contributed by atoms with E-state index in [1.807, 2.05) is 13.8 Å². The molecule has 0 atom stereocenters. The van der Waals surface area contributed by atoms with Gasteiger partial charge in [-0.3, -0.25) is 4.79 Å². The molecule has 0 aliphatic heterocycles. The number of benzene rings is 2. The number of anilines is 1. The Morgan fingerprint density at radius 1 is 1.19 bits per heavy atom. The molecule has 0 saturated heterocycles. The monoisotopic (exact) mass is 354 g/mol. The Kier molecular flexibility index (Phi) is 5.02. The van der Waals surface area contributed by atoms with E-state index < -0.39 is 0 Å². The van der Waals surface area contributed by atoms with Crippen LogP contribution in [0.25, 0.3) is 0 Å². The molecule has 0 bridgehead atoms. The summed E-state index contributed by atoms with van der Waals surface area (Å²) in [6.07, 6.45) is 0. The lowest BCUT2D eigenvalue weighted by Gasteiger charge is -2.09. The smallest absolute Gasteiger partial charge is 0.255 e. The van der Waals surface area contributed by atoms with Crippen LogP contribution in [-0.4, -0.2) is 11.1 Å². The first kappa shape index (κ1) is 17.7. The minimum Gasteiger partial charge on any atom is -0.489 e. The Bertz CT molecular complexity index is 930. The molecular weight excluding hydrogens is 335 g/mol. The van der Waals surface area contributed by atoms with E-state index in [2.05, 4.69) is 10.5 Å². The molecule has 0 spiro atoms. The number of halogens is 1. The zero-order valence-electron chi connectivity index (χ0n) is 14.8. The molecule has 0 radical (unpaired) electrons. The fourth-order valence-electron chi connectivity index (χ4n) is 2.46. The SMILES string of the molecule is Cc1ccc(NC(=O)c2cccc(OCc3c(C)noc3C)c2)cc1F. The van der Waals surface area contributed by atoms with Gasteiger partial charge in [0.2, 0.25) is 0 Å². The zero-order chi connectivity index (χ0) is 18.7. The molecule has 1 amide bonds. The molecule has 2 aromatic carbocycles. The maximum Gasteiger partial charge on any atom is 0.255 e. The van der Waals surface area contributed by atoms with Crippen molar-refractivity contribution in [2.24, 2.45) is 0 Å². The van der Waals surface area contributed by atoms with Crippen molar-refractivity contribution in [1.29, 1.82) is 0 Å². The second-order valence-electron chi connectivity index (χ2n) is 6.04. The molecule has 134 valence electrons. The van der Waals surface area contributed by atoms with Crippen molar-refractivity contribution in [2.75, 3.05) is 5.32 Å². The van der Waals surface area contributed by atoms with Crippen LogP contribution in [-0.2, 0) is 6.61 Å². The Labute approximate surface area is 150 Å². The summed E-state index contributed by atoms with van der Waals surface area (Å²) in [5.74, 6) is 0.556. The van der Waals surface area contributed by atoms with E-state index in [1.165, 1.54) is 6.07 Å². The Balaban J connectivity index is 1.70. The maximum absolute atomic E-state index is 13.6. The molecule has 6 heteroatoms. The minimum atomic E-state index is -0.362. The van der Waals surface area contributed by atoms with Crippen LogP contribution >= 0.6 is 0 Å². The van der Waals surface area contributed by atoms with E-state index in [4.69, 9.17) is 9.26 Å². The van der Waals surface area contributed by atoms with Crippen molar-refractivity contribution < 1.29 is 18.4 Å². The number of amides is 1. The number of hydrogen-bond acceptors (Lipinski definition) is 4. The third-order valence-corrected chi connectivity index (χ3v) is 4.09. The van der Waals surface area contributed by atoms with Crippen LogP contribution in [0.5, 0.6) is 5.75 Å². The Morgan fingerprint density at radius 2 is 2.00 bits per heavy atom. The van der Waals surface area contributed by atoms with Crippen LogP contribution in [0.2, 0.25) is 0 Å². The second kappa shape index (κ2) is 7.39. The van der Waals surface area contributed by atoms with Crippen LogP contribution in [0.3, 0.4) is 0 Å². The number of carbonyl (C=O) groups is 1. The van der Waals surface area contributed by atoms with Crippen molar-refractivity contribution in [1.82, 2.24) is 5.16 Å². The standard InChI is InChI=1S/C20H19FN2O3/c1-12-7-8-16(10-19(12)21)22-20(24)15-5-4-6-17(9-15)25-11-18-13(2)23-26-14(18)3/h4-10H,11H2,1-3H3,(H,22,24). The molecule has 1 heterocycles. The molecule has 5 nitrogen and oxygen atoms in total. The lowest BCUT2D eigenvalue weighted by atomic mass is 10.1. The third kappa shape index (κ3) is 3.91. The van der Waals surface area contributed by atoms with Crippen LogP contribution in [0.1, 0.15) is 32.9 Å². The van der Waals surface area contributed by atoms with E-state index in [-0.39, 0.29) is 11.7 Å². The van der Waals surface area contributed by atoms with Crippen molar-refractivity contribution in [3.63, 3.8) is 0 Å². The van der Waals surface area contributed by atoms with Gasteiger partial charge in [0.1, 0.15) is 23.9 Å². The molecule has 26 heavy (non-hydrogen) atoms. The summed E-state index contributed by atoms with van der Waals surface area (Å²) in [5, 5.41) is 6.57. The van der Waals surface area contributed by atoms with E-state index >= 15 is 0 Å². The number of rotatable bonds is 5. The molecule has 0 aliphatic carbocycles. The minimum absolute atomic E-state index is 0.301. The van der Waals surface area contributed by atoms with Gasteiger partial charge in [0.25, 0.3) is 5.91 Å². The lowest BCUT2D eigenvalue weighted by molar-refractivity contribution is 0.102. The summed E-state index contributed by atoms with van der Waals surface area (Å²) < 4.78 is 24.5. The highest BCUT2D eigenvalue weighted by atomic mass is 19.1. The van der Waals surface area contributed by atoms with Gasteiger partial charge in [-0.1, -0.05) is 17.3 Å². The van der Waals surface area contributed by atoms with Gasteiger partial charge in [-0.2, -0.15) is 0 Å². The highest BCUT2D eigenvalue weighted by Gasteiger charge is 2.11.